The number of benzene rings is 2. The van der Waals surface area contributed by atoms with Gasteiger partial charge in [-0.3, -0.25) is 4.79 Å². The van der Waals surface area contributed by atoms with Gasteiger partial charge in [0.05, 0.1) is 5.52 Å². The van der Waals surface area contributed by atoms with E-state index in [1.165, 1.54) is 0 Å². The summed E-state index contributed by atoms with van der Waals surface area (Å²) in [5.41, 5.74) is 2.29. The molecule has 1 amide bonds. The van der Waals surface area contributed by atoms with Crippen LogP contribution >= 0.6 is 11.6 Å². The van der Waals surface area contributed by atoms with Crippen molar-refractivity contribution in [2.24, 2.45) is 0 Å². The Hall–Kier alpha value is -2.83. The largest absolute Gasteiger partial charge is 0.454 e. The van der Waals surface area contributed by atoms with Crippen LogP contribution in [0.1, 0.15) is 28.8 Å². The molecule has 0 spiro atoms. The topological polar surface area (TPSA) is 69.7 Å². The second-order valence-corrected chi connectivity index (χ2v) is 8.07. The van der Waals surface area contributed by atoms with Crippen molar-refractivity contribution in [3.8, 4) is 11.5 Å². The number of amides is 1. The Kier molecular flexibility index (Phi) is 4.97. The maximum absolute atomic E-state index is 12.9. The Morgan fingerprint density at radius 1 is 1.03 bits per heavy atom. The molecule has 1 saturated heterocycles. The number of aromatic nitrogens is 1. The van der Waals surface area contributed by atoms with E-state index in [4.69, 9.17) is 25.8 Å². The van der Waals surface area contributed by atoms with Crippen LogP contribution in [0, 0.1) is 0 Å². The monoisotopic (exact) mass is 424 g/mol. The molecule has 5 rings (SSSR count). The normalized spacial score (nSPS) is 17.1. The first kappa shape index (κ1) is 19.2. The van der Waals surface area contributed by atoms with Crippen molar-refractivity contribution in [1.29, 1.82) is 0 Å². The Morgan fingerprint density at radius 3 is 2.73 bits per heavy atom. The van der Waals surface area contributed by atoms with Crippen LogP contribution in [0.25, 0.3) is 10.9 Å². The molecule has 2 aliphatic rings. The van der Waals surface area contributed by atoms with Crippen molar-refractivity contribution in [2.45, 2.75) is 18.3 Å². The van der Waals surface area contributed by atoms with Crippen molar-refractivity contribution in [2.75, 3.05) is 26.6 Å². The highest BCUT2D eigenvalue weighted by Gasteiger charge is 2.36. The fourth-order valence-corrected chi connectivity index (χ4v) is 4.30. The maximum atomic E-state index is 12.9. The van der Waals surface area contributed by atoms with Crippen molar-refractivity contribution in [3.63, 3.8) is 0 Å². The fraction of sp³-hybridized carbons (Fsp3) is 0.304. The molecule has 0 atom stereocenters. The van der Waals surface area contributed by atoms with Gasteiger partial charge < -0.3 is 19.5 Å². The summed E-state index contributed by atoms with van der Waals surface area (Å²) in [6, 6.07) is 15.1. The summed E-state index contributed by atoms with van der Waals surface area (Å²) >= 11 is 5.95. The molecule has 2 aromatic carbocycles. The number of carbonyl (C=O) groups excluding carboxylic acids is 1. The van der Waals surface area contributed by atoms with E-state index in [-0.39, 0.29) is 18.1 Å². The van der Waals surface area contributed by atoms with Crippen LogP contribution < -0.4 is 14.8 Å². The standard InChI is InChI=1S/C23H21ClN2O4/c24-21-6-2-15-11-16(1-4-18(15)26-21)22(27)25-13-23(7-9-28-10-8-23)17-3-5-19-20(12-17)30-14-29-19/h1-6,11-12H,7-10,13-14H2,(H,25,27). The highest BCUT2D eigenvalue weighted by atomic mass is 35.5. The second kappa shape index (κ2) is 7.78. The molecule has 1 fully saturated rings. The number of carbonyl (C=O) groups is 1. The van der Waals surface area contributed by atoms with Crippen LogP contribution in [0.5, 0.6) is 11.5 Å². The number of nitrogens with zero attached hydrogens (tertiary/aromatic N) is 1. The highest BCUT2D eigenvalue weighted by molar-refractivity contribution is 6.29. The van der Waals surface area contributed by atoms with E-state index in [1.807, 2.05) is 30.3 Å². The van der Waals surface area contributed by atoms with Crippen molar-refractivity contribution >= 4 is 28.4 Å². The number of halogens is 1. The quantitative estimate of drug-likeness (QED) is 0.639. The zero-order chi connectivity index (χ0) is 20.6. The van der Waals surface area contributed by atoms with E-state index in [0.29, 0.717) is 30.5 Å². The third-order valence-electron chi connectivity index (χ3n) is 5.94. The average molecular weight is 425 g/mol. The molecule has 6 nitrogen and oxygen atoms in total. The second-order valence-electron chi connectivity index (χ2n) is 7.68. The number of fused-ring (bicyclic) bond motifs is 2. The van der Waals surface area contributed by atoms with Crippen molar-refractivity contribution in [1.82, 2.24) is 10.3 Å². The lowest BCUT2D eigenvalue weighted by atomic mass is 9.74. The Morgan fingerprint density at radius 2 is 1.87 bits per heavy atom. The van der Waals surface area contributed by atoms with Crippen LogP contribution in [0.2, 0.25) is 5.15 Å². The zero-order valence-corrected chi connectivity index (χ0v) is 17.1. The van der Waals surface area contributed by atoms with Gasteiger partial charge in [-0.05, 0) is 60.9 Å². The molecule has 0 unspecified atom stereocenters. The lowest BCUT2D eigenvalue weighted by Crippen LogP contribution is -2.44. The predicted octanol–water partition coefficient (Wildman–Crippen LogP) is 4.10. The zero-order valence-electron chi connectivity index (χ0n) is 16.3. The van der Waals surface area contributed by atoms with Crippen molar-refractivity contribution in [3.05, 3.63) is 64.8 Å². The van der Waals surface area contributed by atoms with E-state index >= 15 is 0 Å². The number of nitrogens with one attached hydrogen (secondary N) is 1. The molecule has 7 heteroatoms. The van der Waals surface area contributed by atoms with Crippen LogP contribution in [-0.2, 0) is 10.2 Å². The Labute approximate surface area is 179 Å². The third-order valence-corrected chi connectivity index (χ3v) is 6.15. The van der Waals surface area contributed by atoms with Crippen LogP contribution in [0.15, 0.2) is 48.5 Å². The molecule has 0 saturated carbocycles. The minimum Gasteiger partial charge on any atom is -0.454 e. The van der Waals surface area contributed by atoms with Crippen LogP contribution in [0.3, 0.4) is 0 Å². The van der Waals surface area contributed by atoms with E-state index in [1.54, 1.807) is 12.1 Å². The summed E-state index contributed by atoms with van der Waals surface area (Å²) < 4.78 is 16.6. The maximum Gasteiger partial charge on any atom is 0.251 e. The molecule has 2 aliphatic heterocycles. The molecule has 154 valence electrons. The molecular weight excluding hydrogens is 404 g/mol. The van der Waals surface area contributed by atoms with E-state index in [9.17, 15) is 4.79 Å². The number of ether oxygens (including phenoxy) is 3. The molecular formula is C23H21ClN2O4. The molecule has 30 heavy (non-hydrogen) atoms. The van der Waals surface area contributed by atoms with Gasteiger partial charge in [0.2, 0.25) is 6.79 Å². The Balaban J connectivity index is 1.38. The molecule has 1 N–H and O–H groups in total. The van der Waals surface area contributed by atoms with Gasteiger partial charge in [-0.1, -0.05) is 17.7 Å². The smallest absolute Gasteiger partial charge is 0.251 e. The van der Waals surface area contributed by atoms with Gasteiger partial charge in [-0.25, -0.2) is 4.98 Å². The highest BCUT2D eigenvalue weighted by Crippen LogP contribution is 2.40. The van der Waals surface area contributed by atoms with Crippen LogP contribution in [0.4, 0.5) is 0 Å². The molecule has 3 aromatic rings. The minimum absolute atomic E-state index is 0.113. The van der Waals surface area contributed by atoms with Crippen molar-refractivity contribution < 1.29 is 19.0 Å². The lowest BCUT2D eigenvalue weighted by Gasteiger charge is -2.38. The SMILES string of the molecule is O=C(NCC1(c2ccc3c(c2)OCO3)CCOCC1)c1ccc2nc(Cl)ccc2c1. The summed E-state index contributed by atoms with van der Waals surface area (Å²) in [6.07, 6.45) is 1.65. The molecule has 0 bridgehead atoms. The van der Waals surface area contributed by atoms with E-state index in [2.05, 4.69) is 16.4 Å². The van der Waals surface area contributed by atoms with Crippen LogP contribution in [-0.4, -0.2) is 37.4 Å². The van der Waals surface area contributed by atoms with Gasteiger partial charge in [0, 0.05) is 36.1 Å². The first-order chi connectivity index (χ1) is 14.6. The van der Waals surface area contributed by atoms with Gasteiger partial charge in [0.25, 0.3) is 5.91 Å². The summed E-state index contributed by atoms with van der Waals surface area (Å²) in [5.74, 6) is 1.40. The summed E-state index contributed by atoms with van der Waals surface area (Å²) in [6.45, 7) is 2.08. The minimum atomic E-state index is -0.208. The van der Waals surface area contributed by atoms with Gasteiger partial charge in [0.15, 0.2) is 11.5 Å². The van der Waals surface area contributed by atoms with Gasteiger partial charge >= 0.3 is 0 Å². The molecule has 0 radical (unpaired) electrons. The number of hydrogen-bond donors (Lipinski definition) is 1. The first-order valence-electron chi connectivity index (χ1n) is 9.95. The molecule has 0 aliphatic carbocycles. The Bertz CT molecular complexity index is 1110. The van der Waals surface area contributed by atoms with Gasteiger partial charge in [-0.2, -0.15) is 0 Å². The predicted molar refractivity (Wildman–Crippen MR) is 113 cm³/mol. The van der Waals surface area contributed by atoms with Gasteiger partial charge in [-0.15, -0.1) is 0 Å². The van der Waals surface area contributed by atoms with Gasteiger partial charge in [0.1, 0.15) is 5.15 Å². The third kappa shape index (κ3) is 3.57. The van der Waals surface area contributed by atoms with E-state index < -0.39 is 0 Å². The molecule has 1 aromatic heterocycles. The summed E-state index contributed by atoms with van der Waals surface area (Å²) in [5, 5.41) is 4.45. The first-order valence-corrected chi connectivity index (χ1v) is 10.3. The average Bonchev–Trinajstić information content (AvgIpc) is 3.26. The molecule has 3 heterocycles. The summed E-state index contributed by atoms with van der Waals surface area (Å²) in [4.78, 5) is 17.2. The number of pyridine rings is 1. The van der Waals surface area contributed by atoms with E-state index in [0.717, 1.165) is 40.8 Å². The fourth-order valence-electron chi connectivity index (χ4n) is 4.15. The summed E-state index contributed by atoms with van der Waals surface area (Å²) in [7, 11) is 0. The number of rotatable bonds is 4. The number of hydrogen-bond acceptors (Lipinski definition) is 5. The lowest BCUT2D eigenvalue weighted by molar-refractivity contribution is 0.0486.